The zero-order chi connectivity index (χ0) is 21.0. The molecule has 5 rings (SSSR count). The molecule has 148 valence electrons. The number of aromatic nitrogens is 4. The molecule has 3 aromatic heterocycles. The van der Waals surface area contributed by atoms with Gasteiger partial charge in [0, 0.05) is 19.4 Å². The van der Waals surface area contributed by atoms with Gasteiger partial charge in [0.25, 0.3) is 5.88 Å². The van der Waals surface area contributed by atoms with Crippen molar-refractivity contribution in [2.45, 2.75) is 0 Å². The van der Waals surface area contributed by atoms with Crippen molar-refractivity contribution >= 4 is 11.2 Å². The zero-order valence-electron chi connectivity index (χ0n) is 16.9. The molecule has 5 nitrogen and oxygen atoms in total. The Labute approximate surface area is 180 Å². The Kier molecular flexibility index (Phi) is 4.88. The fourth-order valence-corrected chi connectivity index (χ4v) is 3.23. The van der Waals surface area contributed by atoms with Crippen LogP contribution in [0.15, 0.2) is 91.3 Å². The first-order chi connectivity index (χ1) is 15.3. The predicted molar refractivity (Wildman–Crippen MR) is 121 cm³/mol. The molecular formula is C26H18N4O. The summed E-state index contributed by atoms with van der Waals surface area (Å²) in [4.78, 5) is 13.5. The standard InChI is InChI=1S/C26H18N4O/c1-30-17-7-11-21(30)14-15-24-26(29-23-13-6-16-27-25(23)28-24)31-22-12-5-10-20(18-22)19-8-3-2-4-9-19/h2-13,16-18H,1H3. The minimum atomic E-state index is 0.354. The second-order valence-electron chi connectivity index (χ2n) is 6.97. The molecule has 3 heterocycles. The highest BCUT2D eigenvalue weighted by Crippen LogP contribution is 2.28. The van der Waals surface area contributed by atoms with Gasteiger partial charge >= 0.3 is 0 Å². The Hall–Kier alpha value is -4.43. The van der Waals surface area contributed by atoms with E-state index in [1.165, 1.54) is 0 Å². The number of aryl methyl sites for hydroxylation is 1. The van der Waals surface area contributed by atoms with E-state index in [1.807, 2.05) is 84.5 Å². The van der Waals surface area contributed by atoms with E-state index in [2.05, 4.69) is 38.9 Å². The summed E-state index contributed by atoms with van der Waals surface area (Å²) in [5, 5.41) is 0. The smallest absolute Gasteiger partial charge is 0.255 e. The molecule has 0 N–H and O–H groups in total. The van der Waals surface area contributed by atoms with Crippen LogP contribution in [-0.2, 0) is 7.05 Å². The zero-order valence-corrected chi connectivity index (χ0v) is 16.9. The maximum absolute atomic E-state index is 6.17. The summed E-state index contributed by atoms with van der Waals surface area (Å²) in [7, 11) is 1.95. The molecule has 5 heteroatoms. The molecule has 0 aliphatic carbocycles. The van der Waals surface area contributed by atoms with Gasteiger partial charge in [-0.25, -0.2) is 15.0 Å². The molecule has 0 bridgehead atoms. The second-order valence-corrected chi connectivity index (χ2v) is 6.97. The van der Waals surface area contributed by atoms with E-state index in [4.69, 9.17) is 4.74 Å². The molecular weight excluding hydrogens is 384 g/mol. The van der Waals surface area contributed by atoms with Gasteiger partial charge in [0.15, 0.2) is 11.3 Å². The minimum Gasteiger partial charge on any atom is -0.437 e. The van der Waals surface area contributed by atoms with Gasteiger partial charge in [-0.2, -0.15) is 0 Å². The number of hydrogen-bond acceptors (Lipinski definition) is 4. The number of pyridine rings is 1. The monoisotopic (exact) mass is 402 g/mol. The first-order valence-electron chi connectivity index (χ1n) is 9.86. The van der Waals surface area contributed by atoms with Gasteiger partial charge in [-0.05, 0) is 59.4 Å². The van der Waals surface area contributed by atoms with Crippen molar-refractivity contribution in [3.05, 3.63) is 103 Å². The van der Waals surface area contributed by atoms with Gasteiger partial charge in [-0.1, -0.05) is 42.5 Å². The third kappa shape index (κ3) is 4.00. The van der Waals surface area contributed by atoms with Crippen LogP contribution >= 0.6 is 0 Å². The molecule has 0 saturated carbocycles. The molecule has 5 aromatic rings. The summed E-state index contributed by atoms with van der Waals surface area (Å²) in [5.41, 5.74) is 4.68. The molecule has 0 unspecified atom stereocenters. The third-order valence-corrected chi connectivity index (χ3v) is 4.82. The lowest BCUT2D eigenvalue weighted by atomic mass is 10.1. The summed E-state index contributed by atoms with van der Waals surface area (Å²) in [5.74, 6) is 7.27. The second kappa shape index (κ2) is 8.13. The first kappa shape index (κ1) is 18.6. The minimum absolute atomic E-state index is 0.354. The van der Waals surface area contributed by atoms with E-state index in [0.717, 1.165) is 16.8 Å². The van der Waals surface area contributed by atoms with E-state index in [9.17, 15) is 0 Å². The molecule has 2 aromatic carbocycles. The molecule has 0 saturated heterocycles. The van der Waals surface area contributed by atoms with Crippen LogP contribution in [0.3, 0.4) is 0 Å². The number of hydrogen-bond donors (Lipinski definition) is 0. The van der Waals surface area contributed by atoms with Crippen LogP contribution < -0.4 is 4.74 Å². The van der Waals surface area contributed by atoms with Crippen molar-refractivity contribution in [3.8, 4) is 34.6 Å². The van der Waals surface area contributed by atoms with Gasteiger partial charge in [0.1, 0.15) is 11.3 Å². The van der Waals surface area contributed by atoms with Crippen LogP contribution in [0.2, 0.25) is 0 Å². The van der Waals surface area contributed by atoms with Gasteiger partial charge in [0.2, 0.25) is 0 Å². The molecule has 0 aliphatic heterocycles. The SMILES string of the molecule is Cn1cccc1C#Cc1nc2ncccc2nc1Oc1cccc(-c2ccccc2)c1. The highest BCUT2D eigenvalue weighted by molar-refractivity contribution is 5.71. The summed E-state index contributed by atoms with van der Waals surface area (Å²) >= 11 is 0. The van der Waals surface area contributed by atoms with Crippen LogP contribution in [0.1, 0.15) is 11.4 Å². The van der Waals surface area contributed by atoms with E-state index in [0.29, 0.717) is 28.5 Å². The Morgan fingerprint density at radius 2 is 1.68 bits per heavy atom. The van der Waals surface area contributed by atoms with Crippen molar-refractivity contribution in [2.24, 2.45) is 7.05 Å². The van der Waals surface area contributed by atoms with Crippen LogP contribution in [0, 0.1) is 11.8 Å². The van der Waals surface area contributed by atoms with Crippen molar-refractivity contribution < 1.29 is 4.74 Å². The van der Waals surface area contributed by atoms with Crippen LogP contribution in [-0.4, -0.2) is 19.5 Å². The number of benzene rings is 2. The Bertz CT molecular complexity index is 1430. The highest BCUT2D eigenvalue weighted by Gasteiger charge is 2.11. The molecule has 0 radical (unpaired) electrons. The molecule has 0 fully saturated rings. The van der Waals surface area contributed by atoms with Crippen molar-refractivity contribution in [3.63, 3.8) is 0 Å². The number of rotatable bonds is 3. The van der Waals surface area contributed by atoms with E-state index >= 15 is 0 Å². The normalized spacial score (nSPS) is 10.5. The van der Waals surface area contributed by atoms with Gasteiger partial charge in [0.05, 0.1) is 5.69 Å². The average molecular weight is 402 g/mol. The highest BCUT2D eigenvalue weighted by atomic mass is 16.5. The van der Waals surface area contributed by atoms with E-state index in [-0.39, 0.29) is 0 Å². The molecule has 0 spiro atoms. The fourth-order valence-electron chi connectivity index (χ4n) is 3.23. The van der Waals surface area contributed by atoms with Gasteiger partial charge in [-0.3, -0.25) is 0 Å². The first-order valence-corrected chi connectivity index (χ1v) is 9.86. The lowest BCUT2D eigenvalue weighted by Crippen LogP contribution is -1.98. The molecule has 0 aliphatic rings. The Morgan fingerprint density at radius 1 is 0.806 bits per heavy atom. The Morgan fingerprint density at radius 3 is 2.52 bits per heavy atom. The average Bonchev–Trinajstić information content (AvgIpc) is 3.23. The number of nitrogens with zero attached hydrogens (tertiary/aromatic N) is 4. The van der Waals surface area contributed by atoms with Crippen LogP contribution in [0.5, 0.6) is 11.6 Å². The van der Waals surface area contributed by atoms with Gasteiger partial charge in [-0.15, -0.1) is 0 Å². The molecule has 0 atom stereocenters. The molecule has 0 amide bonds. The molecule has 31 heavy (non-hydrogen) atoms. The number of ether oxygens (including phenoxy) is 1. The largest absolute Gasteiger partial charge is 0.437 e. The topological polar surface area (TPSA) is 52.8 Å². The third-order valence-electron chi connectivity index (χ3n) is 4.82. The van der Waals surface area contributed by atoms with Crippen LogP contribution in [0.25, 0.3) is 22.3 Å². The Balaban J connectivity index is 1.56. The van der Waals surface area contributed by atoms with E-state index < -0.39 is 0 Å². The summed E-state index contributed by atoms with van der Waals surface area (Å²) in [6, 6.07) is 25.6. The predicted octanol–water partition coefficient (Wildman–Crippen LogP) is 5.22. The number of fused-ring (bicyclic) bond motifs is 1. The van der Waals surface area contributed by atoms with Crippen molar-refractivity contribution in [2.75, 3.05) is 0 Å². The van der Waals surface area contributed by atoms with Gasteiger partial charge < -0.3 is 9.30 Å². The lowest BCUT2D eigenvalue weighted by Gasteiger charge is -2.09. The lowest BCUT2D eigenvalue weighted by molar-refractivity contribution is 0.461. The quantitative estimate of drug-likeness (QED) is 0.388. The summed E-state index contributed by atoms with van der Waals surface area (Å²) in [6.07, 6.45) is 3.64. The maximum atomic E-state index is 6.17. The summed E-state index contributed by atoms with van der Waals surface area (Å²) in [6.45, 7) is 0. The van der Waals surface area contributed by atoms with Crippen LogP contribution in [0.4, 0.5) is 0 Å². The fraction of sp³-hybridized carbons (Fsp3) is 0.0385. The summed E-state index contributed by atoms with van der Waals surface area (Å²) < 4.78 is 8.12. The van der Waals surface area contributed by atoms with Crippen molar-refractivity contribution in [1.82, 2.24) is 19.5 Å². The maximum Gasteiger partial charge on any atom is 0.255 e. The van der Waals surface area contributed by atoms with E-state index in [1.54, 1.807) is 6.20 Å². The van der Waals surface area contributed by atoms with Crippen molar-refractivity contribution in [1.29, 1.82) is 0 Å².